The molecule has 0 spiro atoms. The van der Waals surface area contributed by atoms with E-state index in [1.807, 2.05) is 0 Å². The number of amides is 6. The first kappa shape index (κ1) is 54.8. The molecular weight excluding hydrogens is 889 g/mol. The van der Waals surface area contributed by atoms with E-state index in [0.717, 1.165) is 0 Å². The molecule has 3 rings (SSSR count). The van der Waals surface area contributed by atoms with Gasteiger partial charge in [0.2, 0.25) is 35.4 Å². The van der Waals surface area contributed by atoms with Crippen molar-refractivity contribution in [2.24, 2.45) is 11.5 Å². The van der Waals surface area contributed by atoms with Crippen LogP contribution in [0.3, 0.4) is 0 Å². The summed E-state index contributed by atoms with van der Waals surface area (Å²) in [5.74, 6) is -7.47. The van der Waals surface area contributed by atoms with Crippen molar-refractivity contribution in [1.29, 1.82) is 0 Å². The molecule has 3 aromatic rings. The molecule has 0 aliphatic carbocycles. The number of carbonyl (C=O) groups excluding carboxylic acids is 6. The number of aliphatic hydroxyl groups is 1. The maximum atomic E-state index is 14.2. The number of phenols is 1. The number of rotatable bonds is 30. The molecule has 0 radical (unpaired) electrons. The van der Waals surface area contributed by atoms with Crippen LogP contribution in [0.15, 0.2) is 84.9 Å². The van der Waals surface area contributed by atoms with Crippen molar-refractivity contribution < 1.29 is 58.8 Å². The monoisotopic (exact) mass is 950 g/mol. The van der Waals surface area contributed by atoms with E-state index in [-0.39, 0.29) is 37.9 Å². The third-order valence-electron chi connectivity index (χ3n) is 10.5. The van der Waals surface area contributed by atoms with Gasteiger partial charge in [-0.3, -0.25) is 33.6 Å². The van der Waals surface area contributed by atoms with Crippen molar-refractivity contribution in [3.63, 3.8) is 0 Å². The van der Waals surface area contributed by atoms with Crippen molar-refractivity contribution in [3.8, 4) is 5.75 Å². The molecule has 0 aromatic heterocycles. The lowest BCUT2D eigenvalue weighted by Crippen LogP contribution is -2.60. The Bertz CT molecular complexity index is 2080. The minimum absolute atomic E-state index is 0.0193. The Morgan fingerprint density at radius 1 is 0.537 bits per heavy atom. The van der Waals surface area contributed by atoms with Gasteiger partial charge < -0.3 is 63.8 Å². The number of thioether (sulfide) groups is 1. The van der Waals surface area contributed by atoms with Gasteiger partial charge in [-0.25, -0.2) is 4.79 Å². The maximum Gasteiger partial charge on any atom is 0.326 e. The number of benzene rings is 3. The summed E-state index contributed by atoms with van der Waals surface area (Å²) in [6.45, 7) is -0.365. The smallest absolute Gasteiger partial charge is 0.326 e. The topological polar surface area (TPSA) is 342 Å². The Morgan fingerprint density at radius 3 is 1.39 bits per heavy atom. The van der Waals surface area contributed by atoms with Crippen LogP contribution in [0.25, 0.3) is 0 Å². The van der Waals surface area contributed by atoms with Crippen LogP contribution in [0.1, 0.15) is 55.2 Å². The Kier molecular flexibility index (Phi) is 23.8. The van der Waals surface area contributed by atoms with Gasteiger partial charge in [0.25, 0.3) is 0 Å². The zero-order chi connectivity index (χ0) is 49.3. The lowest BCUT2D eigenvalue weighted by molar-refractivity contribution is -0.142. The van der Waals surface area contributed by atoms with Crippen molar-refractivity contribution >= 4 is 59.1 Å². The maximum absolute atomic E-state index is 14.2. The second-order valence-corrected chi connectivity index (χ2v) is 16.7. The van der Waals surface area contributed by atoms with Crippen LogP contribution < -0.4 is 43.4 Å². The standard InChI is InChI=1S/C46H62N8O12S/c1-67-23-21-35(51-44(63)36(24-28-10-4-2-5-11-28)52-41(60)33(14-8-9-22-47)49-40(59)32(48)27-55)43(62)50-34(19-20-39(57)58)42(61)53-37(25-29-12-6-3-7-13-29)45(64)54-38(46(65)66)26-30-15-17-31(56)18-16-30/h2-7,10-13,15-18,32-38,55-56H,8-9,14,19-27,47-48H2,1H3,(H,49,59)(H,50,62)(H,51,63)(H,52,60)(H,53,61)(H,54,64)(H,57,58)(H,65,66)/t32-,33-,34-,35-,36-,37-,38-/m0/s1. The number of phenolic OH excluding ortho intramolecular Hbond substituents is 1. The predicted octanol–water partition coefficient (Wildman–Crippen LogP) is -0.520. The molecule has 0 heterocycles. The lowest BCUT2D eigenvalue weighted by atomic mass is 10.0. The Labute approximate surface area is 392 Å². The van der Waals surface area contributed by atoms with E-state index in [4.69, 9.17) is 11.5 Å². The highest BCUT2D eigenvalue weighted by molar-refractivity contribution is 7.98. The van der Waals surface area contributed by atoms with E-state index in [1.165, 1.54) is 36.0 Å². The van der Waals surface area contributed by atoms with Gasteiger partial charge in [0.15, 0.2) is 0 Å². The second-order valence-electron chi connectivity index (χ2n) is 15.7. The summed E-state index contributed by atoms with van der Waals surface area (Å²) < 4.78 is 0. The molecule has 364 valence electrons. The van der Waals surface area contributed by atoms with Gasteiger partial charge in [0.1, 0.15) is 48.0 Å². The fourth-order valence-electron chi connectivity index (χ4n) is 6.71. The molecule has 0 unspecified atom stereocenters. The summed E-state index contributed by atoms with van der Waals surface area (Å²) in [6.07, 6.45) is 1.45. The summed E-state index contributed by atoms with van der Waals surface area (Å²) in [5, 5.41) is 54.1. The van der Waals surface area contributed by atoms with E-state index in [1.54, 1.807) is 66.9 Å². The van der Waals surface area contributed by atoms with Crippen LogP contribution in [-0.2, 0) is 57.6 Å². The first-order valence-electron chi connectivity index (χ1n) is 21.7. The van der Waals surface area contributed by atoms with Crippen LogP contribution in [0.5, 0.6) is 5.75 Å². The van der Waals surface area contributed by atoms with E-state index in [9.17, 15) is 58.8 Å². The average molecular weight is 951 g/mol. The van der Waals surface area contributed by atoms with Gasteiger partial charge in [-0.15, -0.1) is 0 Å². The third-order valence-corrected chi connectivity index (χ3v) is 11.1. The quantitative estimate of drug-likeness (QED) is 0.0374. The fourth-order valence-corrected chi connectivity index (χ4v) is 7.18. The summed E-state index contributed by atoms with van der Waals surface area (Å²) >= 11 is 1.35. The second kappa shape index (κ2) is 29.2. The number of nitrogens with two attached hydrogens (primary N) is 2. The van der Waals surface area contributed by atoms with Crippen LogP contribution in [0.4, 0.5) is 0 Å². The highest BCUT2D eigenvalue weighted by Gasteiger charge is 2.34. The van der Waals surface area contributed by atoms with E-state index in [0.29, 0.717) is 41.8 Å². The molecule has 21 heteroatoms. The zero-order valence-electron chi connectivity index (χ0n) is 37.2. The number of hydrogen-bond acceptors (Lipinski definition) is 13. The number of aromatic hydroxyl groups is 1. The lowest BCUT2D eigenvalue weighted by Gasteiger charge is -2.28. The molecule has 20 nitrogen and oxygen atoms in total. The summed E-state index contributed by atoms with van der Waals surface area (Å²) in [7, 11) is 0. The van der Waals surface area contributed by atoms with Gasteiger partial charge in [0.05, 0.1) is 6.61 Å². The number of aliphatic carboxylic acids is 2. The van der Waals surface area contributed by atoms with E-state index >= 15 is 0 Å². The van der Waals surface area contributed by atoms with Gasteiger partial charge in [-0.1, -0.05) is 72.8 Å². The Morgan fingerprint density at radius 2 is 0.940 bits per heavy atom. The molecule has 0 saturated carbocycles. The number of nitrogens with one attached hydrogen (secondary N) is 6. The Hall–Kier alpha value is -6.55. The molecule has 14 N–H and O–H groups in total. The van der Waals surface area contributed by atoms with Crippen molar-refractivity contribution in [2.75, 3.05) is 25.2 Å². The van der Waals surface area contributed by atoms with Crippen LogP contribution in [-0.4, -0.2) is 135 Å². The summed E-state index contributed by atoms with van der Waals surface area (Å²) in [5.41, 5.74) is 13.0. The number of carbonyl (C=O) groups is 8. The molecule has 7 atom stereocenters. The zero-order valence-corrected chi connectivity index (χ0v) is 38.0. The molecule has 0 fully saturated rings. The van der Waals surface area contributed by atoms with E-state index < -0.39 is 109 Å². The molecule has 6 amide bonds. The van der Waals surface area contributed by atoms with Crippen molar-refractivity contribution in [2.45, 2.75) is 100 Å². The van der Waals surface area contributed by atoms with Gasteiger partial charge in [-0.05, 0) is 79.5 Å². The van der Waals surface area contributed by atoms with Crippen LogP contribution >= 0.6 is 11.8 Å². The molecule has 0 aliphatic rings. The highest BCUT2D eigenvalue weighted by atomic mass is 32.2. The number of carboxylic acids is 2. The van der Waals surface area contributed by atoms with Gasteiger partial charge in [-0.2, -0.15) is 11.8 Å². The van der Waals surface area contributed by atoms with Crippen molar-refractivity contribution in [3.05, 3.63) is 102 Å². The first-order valence-corrected chi connectivity index (χ1v) is 23.1. The summed E-state index contributed by atoms with van der Waals surface area (Å²) in [4.78, 5) is 107. The molecular formula is C46H62N8O12S. The minimum Gasteiger partial charge on any atom is -0.508 e. The molecule has 3 aromatic carbocycles. The number of aliphatic hydroxyl groups excluding tert-OH is 1. The SMILES string of the molecule is CSCC[C@H](NC(=O)[C@H](Cc1ccccc1)NC(=O)[C@H](CCCCN)NC(=O)[C@@H](N)CO)C(=O)N[C@@H](CCC(=O)O)C(=O)N[C@@H](Cc1ccccc1)C(=O)N[C@@H](Cc1ccc(O)cc1)C(=O)O. The predicted molar refractivity (Wildman–Crippen MR) is 249 cm³/mol. The van der Waals surface area contributed by atoms with Gasteiger partial charge >= 0.3 is 11.9 Å². The minimum atomic E-state index is -1.57. The molecule has 0 bridgehead atoms. The molecule has 0 aliphatic heterocycles. The summed E-state index contributed by atoms with van der Waals surface area (Å²) in [6, 6.07) is 13.3. The number of unbranched alkanes of at least 4 members (excludes halogenated alkanes) is 1. The fraction of sp³-hybridized carbons (Fsp3) is 0.435. The number of carboxylic acid groups (broad SMARTS) is 2. The largest absolute Gasteiger partial charge is 0.508 e. The number of hydrogen-bond donors (Lipinski definition) is 12. The average Bonchev–Trinajstić information content (AvgIpc) is 3.31. The van der Waals surface area contributed by atoms with Crippen LogP contribution in [0, 0.1) is 0 Å². The molecule has 67 heavy (non-hydrogen) atoms. The molecule has 0 saturated heterocycles. The highest BCUT2D eigenvalue weighted by Crippen LogP contribution is 2.14. The van der Waals surface area contributed by atoms with Crippen LogP contribution in [0.2, 0.25) is 0 Å². The van der Waals surface area contributed by atoms with E-state index in [2.05, 4.69) is 31.9 Å². The normalized spacial score (nSPS) is 14.1. The third kappa shape index (κ3) is 19.8. The Balaban J connectivity index is 1.91. The van der Waals surface area contributed by atoms with Gasteiger partial charge in [0, 0.05) is 25.7 Å². The van der Waals surface area contributed by atoms with Crippen molar-refractivity contribution in [1.82, 2.24) is 31.9 Å². The first-order chi connectivity index (χ1) is 32.0.